The van der Waals surface area contributed by atoms with E-state index in [1.54, 1.807) is 12.1 Å². The number of rotatable bonds is 4. The molecule has 0 heterocycles. The molecule has 0 radical (unpaired) electrons. The van der Waals surface area contributed by atoms with E-state index in [0.717, 1.165) is 17.5 Å². The molecule has 0 amide bonds. The van der Waals surface area contributed by atoms with Gasteiger partial charge in [0.1, 0.15) is 0 Å². The van der Waals surface area contributed by atoms with E-state index >= 15 is 0 Å². The van der Waals surface area contributed by atoms with Crippen LogP contribution in [0.5, 0.6) is 0 Å². The van der Waals surface area contributed by atoms with Gasteiger partial charge < -0.3 is 4.90 Å². The Kier molecular flexibility index (Phi) is 4.69. The molecule has 104 valence electrons. The SMILES string of the molecule is CC(c1cccc(Cl)c1)N(C)c1ccc(Cl)cc1C=O. The highest BCUT2D eigenvalue weighted by Gasteiger charge is 2.15. The van der Waals surface area contributed by atoms with Crippen molar-refractivity contribution in [2.75, 3.05) is 11.9 Å². The maximum absolute atomic E-state index is 11.2. The van der Waals surface area contributed by atoms with E-state index in [1.807, 2.05) is 42.3 Å². The van der Waals surface area contributed by atoms with Crippen LogP contribution in [0.15, 0.2) is 42.5 Å². The zero-order valence-electron chi connectivity index (χ0n) is 11.3. The lowest BCUT2D eigenvalue weighted by atomic mass is 10.1. The average Bonchev–Trinajstić information content (AvgIpc) is 2.45. The van der Waals surface area contributed by atoms with E-state index in [0.29, 0.717) is 15.6 Å². The molecule has 0 aliphatic heterocycles. The number of carbonyl (C=O) groups excluding carboxylic acids is 1. The van der Waals surface area contributed by atoms with Gasteiger partial charge in [-0.2, -0.15) is 0 Å². The minimum absolute atomic E-state index is 0.0913. The molecule has 2 aromatic rings. The van der Waals surface area contributed by atoms with E-state index in [-0.39, 0.29) is 6.04 Å². The van der Waals surface area contributed by atoms with Crippen molar-refractivity contribution in [1.29, 1.82) is 0 Å². The van der Waals surface area contributed by atoms with Crippen molar-refractivity contribution < 1.29 is 4.79 Å². The Labute approximate surface area is 128 Å². The summed E-state index contributed by atoms with van der Waals surface area (Å²) in [7, 11) is 1.95. The predicted molar refractivity (Wildman–Crippen MR) is 85.1 cm³/mol. The van der Waals surface area contributed by atoms with Gasteiger partial charge in [-0.05, 0) is 42.8 Å². The molecular weight excluding hydrogens is 293 g/mol. The quantitative estimate of drug-likeness (QED) is 0.741. The largest absolute Gasteiger partial charge is 0.367 e. The Balaban J connectivity index is 2.35. The molecule has 4 heteroatoms. The summed E-state index contributed by atoms with van der Waals surface area (Å²) in [6.07, 6.45) is 0.822. The first-order valence-electron chi connectivity index (χ1n) is 6.26. The summed E-state index contributed by atoms with van der Waals surface area (Å²) >= 11 is 11.9. The first-order valence-corrected chi connectivity index (χ1v) is 7.01. The summed E-state index contributed by atoms with van der Waals surface area (Å²) in [6.45, 7) is 2.06. The van der Waals surface area contributed by atoms with Crippen molar-refractivity contribution in [2.24, 2.45) is 0 Å². The Morgan fingerprint density at radius 1 is 1.10 bits per heavy atom. The van der Waals surface area contributed by atoms with Crippen LogP contribution in [0, 0.1) is 0 Å². The first kappa shape index (κ1) is 14.9. The number of nitrogens with zero attached hydrogens (tertiary/aromatic N) is 1. The maximum atomic E-state index is 11.2. The Morgan fingerprint density at radius 3 is 2.45 bits per heavy atom. The highest BCUT2D eigenvalue weighted by Crippen LogP contribution is 2.30. The van der Waals surface area contributed by atoms with Crippen LogP contribution < -0.4 is 4.90 Å². The monoisotopic (exact) mass is 307 g/mol. The van der Waals surface area contributed by atoms with Gasteiger partial charge >= 0.3 is 0 Å². The number of anilines is 1. The van der Waals surface area contributed by atoms with Crippen molar-refractivity contribution in [1.82, 2.24) is 0 Å². The van der Waals surface area contributed by atoms with E-state index in [1.165, 1.54) is 0 Å². The molecule has 2 rings (SSSR count). The van der Waals surface area contributed by atoms with Crippen molar-refractivity contribution in [2.45, 2.75) is 13.0 Å². The molecule has 1 atom stereocenters. The van der Waals surface area contributed by atoms with E-state index < -0.39 is 0 Å². The lowest BCUT2D eigenvalue weighted by Crippen LogP contribution is -2.22. The second-order valence-electron chi connectivity index (χ2n) is 4.66. The van der Waals surface area contributed by atoms with Gasteiger partial charge in [-0.25, -0.2) is 0 Å². The van der Waals surface area contributed by atoms with Crippen LogP contribution in [0.4, 0.5) is 5.69 Å². The second kappa shape index (κ2) is 6.29. The minimum atomic E-state index is 0.0913. The molecule has 2 aromatic carbocycles. The van der Waals surface area contributed by atoms with E-state index in [9.17, 15) is 4.79 Å². The van der Waals surface area contributed by atoms with Gasteiger partial charge in [0.15, 0.2) is 6.29 Å². The molecule has 0 aliphatic carbocycles. The van der Waals surface area contributed by atoms with Crippen LogP contribution in [-0.2, 0) is 0 Å². The summed E-state index contributed by atoms with van der Waals surface area (Å²) in [6, 6.07) is 13.1. The molecule has 0 saturated heterocycles. The molecule has 20 heavy (non-hydrogen) atoms. The fraction of sp³-hybridized carbons (Fsp3) is 0.188. The third-order valence-corrected chi connectivity index (χ3v) is 3.88. The number of benzene rings is 2. The second-order valence-corrected chi connectivity index (χ2v) is 5.54. The maximum Gasteiger partial charge on any atom is 0.152 e. The fourth-order valence-corrected chi connectivity index (χ4v) is 2.52. The molecule has 0 aromatic heterocycles. The molecule has 0 bridgehead atoms. The van der Waals surface area contributed by atoms with Crippen LogP contribution >= 0.6 is 23.2 Å². The normalized spacial score (nSPS) is 12.0. The number of aldehydes is 1. The summed E-state index contributed by atoms with van der Waals surface area (Å²) in [4.78, 5) is 13.2. The van der Waals surface area contributed by atoms with Crippen LogP contribution in [-0.4, -0.2) is 13.3 Å². The first-order chi connectivity index (χ1) is 9.52. The van der Waals surface area contributed by atoms with Crippen molar-refractivity contribution in [3.8, 4) is 0 Å². The molecule has 0 aliphatic rings. The van der Waals surface area contributed by atoms with Crippen LogP contribution in [0.25, 0.3) is 0 Å². The Morgan fingerprint density at radius 2 is 1.80 bits per heavy atom. The summed E-state index contributed by atoms with van der Waals surface area (Å²) in [5.41, 5.74) is 2.51. The van der Waals surface area contributed by atoms with Crippen LogP contribution in [0.2, 0.25) is 10.0 Å². The van der Waals surface area contributed by atoms with Gasteiger partial charge in [0.05, 0.1) is 6.04 Å². The lowest BCUT2D eigenvalue weighted by Gasteiger charge is -2.28. The number of hydrogen-bond donors (Lipinski definition) is 0. The van der Waals surface area contributed by atoms with Crippen LogP contribution in [0.1, 0.15) is 28.9 Å². The fourth-order valence-electron chi connectivity index (χ4n) is 2.14. The average molecular weight is 308 g/mol. The summed E-state index contributed by atoms with van der Waals surface area (Å²) in [5.74, 6) is 0. The predicted octanol–water partition coefficient (Wildman–Crippen LogP) is 5.00. The molecule has 0 N–H and O–H groups in total. The van der Waals surface area contributed by atoms with Gasteiger partial charge in [0, 0.05) is 28.3 Å². The van der Waals surface area contributed by atoms with E-state index in [4.69, 9.17) is 23.2 Å². The zero-order chi connectivity index (χ0) is 14.7. The van der Waals surface area contributed by atoms with Crippen LogP contribution in [0.3, 0.4) is 0 Å². The number of hydrogen-bond acceptors (Lipinski definition) is 2. The van der Waals surface area contributed by atoms with Crippen molar-refractivity contribution in [3.63, 3.8) is 0 Å². The number of halogens is 2. The minimum Gasteiger partial charge on any atom is -0.367 e. The Hall–Kier alpha value is -1.51. The Bertz CT molecular complexity index is 628. The topological polar surface area (TPSA) is 20.3 Å². The summed E-state index contributed by atoms with van der Waals surface area (Å²) in [5, 5.41) is 1.26. The van der Waals surface area contributed by atoms with Gasteiger partial charge in [-0.3, -0.25) is 4.79 Å². The molecule has 1 unspecified atom stereocenters. The van der Waals surface area contributed by atoms with E-state index in [2.05, 4.69) is 6.92 Å². The number of carbonyl (C=O) groups is 1. The van der Waals surface area contributed by atoms with Gasteiger partial charge in [0.2, 0.25) is 0 Å². The zero-order valence-corrected chi connectivity index (χ0v) is 12.8. The van der Waals surface area contributed by atoms with Gasteiger partial charge in [0.25, 0.3) is 0 Å². The molecule has 2 nitrogen and oxygen atoms in total. The molecule has 0 saturated carbocycles. The highest BCUT2D eigenvalue weighted by molar-refractivity contribution is 6.31. The third-order valence-electron chi connectivity index (χ3n) is 3.41. The van der Waals surface area contributed by atoms with Crippen molar-refractivity contribution in [3.05, 3.63) is 63.6 Å². The summed E-state index contributed by atoms with van der Waals surface area (Å²) < 4.78 is 0. The molecule has 0 fully saturated rings. The third kappa shape index (κ3) is 3.14. The molecule has 0 spiro atoms. The lowest BCUT2D eigenvalue weighted by molar-refractivity contribution is 0.112. The van der Waals surface area contributed by atoms with Crippen molar-refractivity contribution >= 4 is 35.2 Å². The smallest absolute Gasteiger partial charge is 0.152 e. The highest BCUT2D eigenvalue weighted by atomic mass is 35.5. The van der Waals surface area contributed by atoms with Gasteiger partial charge in [-0.15, -0.1) is 0 Å². The van der Waals surface area contributed by atoms with Gasteiger partial charge in [-0.1, -0.05) is 35.3 Å². The molecular formula is C16H15Cl2NO. The standard InChI is InChI=1S/C16H15Cl2NO/c1-11(12-4-3-5-14(17)8-12)19(2)16-7-6-15(18)9-13(16)10-20/h3-11H,1-2H3.